The van der Waals surface area contributed by atoms with Crippen LogP contribution in [-0.2, 0) is 4.79 Å². The quantitative estimate of drug-likeness (QED) is 0.568. The van der Waals surface area contributed by atoms with Crippen LogP contribution in [0.25, 0.3) is 6.08 Å². The van der Waals surface area contributed by atoms with E-state index in [1.807, 2.05) is 37.3 Å². The second-order valence-corrected chi connectivity index (χ2v) is 7.14. The topological polar surface area (TPSA) is 62.6 Å². The molecule has 0 saturated carbocycles. The number of hydrogen-bond acceptors (Lipinski definition) is 5. The minimum absolute atomic E-state index is 0.139. The molecule has 0 unspecified atom stereocenters. The van der Waals surface area contributed by atoms with E-state index in [2.05, 4.69) is 27.9 Å². The van der Waals surface area contributed by atoms with Gasteiger partial charge in [-0.1, -0.05) is 0 Å². The van der Waals surface area contributed by atoms with Gasteiger partial charge in [-0.15, -0.1) is 0 Å². The summed E-state index contributed by atoms with van der Waals surface area (Å²) in [6.07, 6.45) is 1.60. The number of nitrogens with one attached hydrogen (secondary N) is 1. The van der Waals surface area contributed by atoms with Gasteiger partial charge in [0.05, 0.1) is 11.6 Å². The molecule has 1 saturated heterocycles. The number of halogens is 1. The first-order valence-electron chi connectivity index (χ1n) is 6.84. The van der Waals surface area contributed by atoms with Gasteiger partial charge in [-0.3, -0.25) is 14.5 Å². The Morgan fingerprint density at radius 1 is 1.22 bits per heavy atom. The Labute approximate surface area is 151 Å². The maximum Gasteiger partial charge on any atom is 0.295 e. The third-order valence-electron chi connectivity index (χ3n) is 3.19. The molecule has 1 N–H and O–H groups in total. The van der Waals surface area contributed by atoms with Crippen LogP contribution in [-0.4, -0.2) is 22.7 Å². The number of carbonyl (C=O) groups is 2. The summed E-state index contributed by atoms with van der Waals surface area (Å²) in [4.78, 5) is 25.9. The standard InChI is InChI=1S/C16H13IN2O3S/c1-10-2-7-13(22-10)8-14-15(20)19(16(21)23-14)9-18-12-5-3-11(17)4-6-12/h2-8,18H,9H2,1H3/b14-8-. The third kappa shape index (κ3) is 3.78. The number of amides is 2. The van der Waals surface area contributed by atoms with Crippen LogP contribution in [0.4, 0.5) is 10.5 Å². The lowest BCUT2D eigenvalue weighted by Crippen LogP contribution is -2.33. The van der Waals surface area contributed by atoms with E-state index in [4.69, 9.17) is 4.42 Å². The molecule has 2 amide bonds. The van der Waals surface area contributed by atoms with Gasteiger partial charge in [-0.25, -0.2) is 0 Å². The molecule has 5 nitrogen and oxygen atoms in total. The smallest absolute Gasteiger partial charge is 0.295 e. The van der Waals surface area contributed by atoms with Gasteiger partial charge >= 0.3 is 0 Å². The Hall–Kier alpha value is -1.74. The Bertz CT molecular complexity index is 783. The number of furan rings is 1. The van der Waals surface area contributed by atoms with Crippen LogP contribution < -0.4 is 5.32 Å². The Morgan fingerprint density at radius 2 is 1.96 bits per heavy atom. The molecule has 1 aromatic heterocycles. The lowest BCUT2D eigenvalue weighted by Gasteiger charge is -2.14. The van der Waals surface area contributed by atoms with E-state index in [0.717, 1.165) is 26.8 Å². The van der Waals surface area contributed by atoms with Gasteiger partial charge in [0.1, 0.15) is 11.5 Å². The van der Waals surface area contributed by atoms with Crippen molar-refractivity contribution in [3.05, 3.63) is 56.4 Å². The summed E-state index contributed by atoms with van der Waals surface area (Å²) in [6, 6.07) is 11.3. The highest BCUT2D eigenvalue weighted by molar-refractivity contribution is 14.1. The van der Waals surface area contributed by atoms with Gasteiger partial charge < -0.3 is 9.73 Å². The number of anilines is 1. The molecule has 0 radical (unpaired) electrons. The summed E-state index contributed by atoms with van der Waals surface area (Å²) in [7, 11) is 0. The Balaban J connectivity index is 1.69. The molecule has 1 aliphatic rings. The van der Waals surface area contributed by atoms with Crippen molar-refractivity contribution >= 4 is 57.3 Å². The van der Waals surface area contributed by atoms with Crippen molar-refractivity contribution in [2.45, 2.75) is 6.92 Å². The van der Waals surface area contributed by atoms with Gasteiger partial charge in [0, 0.05) is 15.3 Å². The summed E-state index contributed by atoms with van der Waals surface area (Å²) < 4.78 is 6.54. The van der Waals surface area contributed by atoms with Crippen LogP contribution in [0.5, 0.6) is 0 Å². The molecule has 118 valence electrons. The number of imide groups is 1. The van der Waals surface area contributed by atoms with Crippen LogP contribution in [0.1, 0.15) is 11.5 Å². The third-order valence-corrected chi connectivity index (χ3v) is 4.82. The minimum atomic E-state index is -0.313. The normalized spacial score (nSPS) is 16.4. The number of nitrogens with zero attached hydrogens (tertiary/aromatic N) is 1. The molecule has 2 heterocycles. The molecular formula is C16H13IN2O3S. The summed E-state index contributed by atoms with van der Waals surface area (Å²) in [6.45, 7) is 1.97. The molecule has 23 heavy (non-hydrogen) atoms. The molecule has 7 heteroatoms. The van der Waals surface area contributed by atoms with Crippen molar-refractivity contribution in [1.29, 1.82) is 0 Å². The fourth-order valence-corrected chi connectivity index (χ4v) is 3.21. The lowest BCUT2D eigenvalue weighted by molar-refractivity contribution is -0.122. The fourth-order valence-electron chi connectivity index (χ4n) is 2.03. The predicted octanol–water partition coefficient (Wildman–Crippen LogP) is 4.30. The van der Waals surface area contributed by atoms with Crippen molar-refractivity contribution in [2.24, 2.45) is 0 Å². The largest absolute Gasteiger partial charge is 0.462 e. The van der Waals surface area contributed by atoms with Crippen LogP contribution in [0, 0.1) is 10.5 Å². The number of hydrogen-bond donors (Lipinski definition) is 1. The highest BCUT2D eigenvalue weighted by Crippen LogP contribution is 2.32. The van der Waals surface area contributed by atoms with Crippen molar-refractivity contribution < 1.29 is 14.0 Å². The van der Waals surface area contributed by atoms with Gasteiger partial charge in [0.25, 0.3) is 11.1 Å². The number of aryl methyl sites for hydroxylation is 1. The molecule has 1 fully saturated rings. The Morgan fingerprint density at radius 3 is 2.61 bits per heavy atom. The van der Waals surface area contributed by atoms with Gasteiger partial charge in [-0.2, -0.15) is 0 Å². The zero-order valence-electron chi connectivity index (χ0n) is 12.2. The lowest BCUT2D eigenvalue weighted by atomic mass is 10.3. The first kappa shape index (κ1) is 16.1. The van der Waals surface area contributed by atoms with Crippen molar-refractivity contribution in [1.82, 2.24) is 4.90 Å². The summed E-state index contributed by atoms with van der Waals surface area (Å²) >= 11 is 3.14. The van der Waals surface area contributed by atoms with E-state index >= 15 is 0 Å². The van der Waals surface area contributed by atoms with Gasteiger partial charge in [-0.05, 0) is 77.7 Å². The predicted molar refractivity (Wildman–Crippen MR) is 98.9 cm³/mol. The zero-order valence-corrected chi connectivity index (χ0v) is 15.2. The highest BCUT2D eigenvalue weighted by atomic mass is 127. The molecule has 2 aromatic rings. The van der Waals surface area contributed by atoms with E-state index in [9.17, 15) is 9.59 Å². The van der Waals surface area contributed by atoms with E-state index in [1.165, 1.54) is 4.90 Å². The maximum absolute atomic E-state index is 12.3. The molecular weight excluding hydrogens is 427 g/mol. The van der Waals surface area contributed by atoms with E-state index in [1.54, 1.807) is 12.1 Å². The monoisotopic (exact) mass is 440 g/mol. The Kier molecular flexibility index (Phi) is 4.76. The SMILES string of the molecule is Cc1ccc(/C=C2\SC(=O)N(CNc3ccc(I)cc3)C2=O)o1. The fraction of sp³-hybridized carbons (Fsp3) is 0.125. The molecule has 0 atom stereocenters. The molecule has 0 spiro atoms. The first-order valence-corrected chi connectivity index (χ1v) is 8.74. The molecule has 0 aliphatic carbocycles. The highest BCUT2D eigenvalue weighted by Gasteiger charge is 2.35. The molecule has 1 aromatic carbocycles. The van der Waals surface area contributed by atoms with E-state index in [0.29, 0.717) is 10.7 Å². The maximum atomic E-state index is 12.3. The number of benzene rings is 1. The van der Waals surface area contributed by atoms with Crippen molar-refractivity contribution in [3.63, 3.8) is 0 Å². The molecule has 0 bridgehead atoms. The van der Waals surface area contributed by atoms with Gasteiger partial charge in [0.15, 0.2) is 0 Å². The summed E-state index contributed by atoms with van der Waals surface area (Å²) in [5, 5.41) is 2.79. The zero-order chi connectivity index (χ0) is 16.4. The van der Waals surface area contributed by atoms with Gasteiger partial charge in [0.2, 0.25) is 0 Å². The van der Waals surface area contributed by atoms with Crippen LogP contribution >= 0.6 is 34.4 Å². The van der Waals surface area contributed by atoms with Crippen molar-refractivity contribution in [2.75, 3.05) is 12.0 Å². The molecule has 3 rings (SSSR count). The summed E-state index contributed by atoms with van der Waals surface area (Å²) in [5.74, 6) is 1.02. The summed E-state index contributed by atoms with van der Waals surface area (Å²) in [5.41, 5.74) is 0.857. The second-order valence-electron chi connectivity index (χ2n) is 4.90. The number of thioether (sulfide) groups is 1. The average molecular weight is 440 g/mol. The van der Waals surface area contributed by atoms with E-state index < -0.39 is 0 Å². The molecule has 1 aliphatic heterocycles. The second kappa shape index (κ2) is 6.79. The van der Waals surface area contributed by atoms with Crippen LogP contribution in [0.3, 0.4) is 0 Å². The van der Waals surface area contributed by atoms with Crippen LogP contribution in [0.15, 0.2) is 45.7 Å². The van der Waals surface area contributed by atoms with Crippen LogP contribution in [0.2, 0.25) is 0 Å². The average Bonchev–Trinajstić information content (AvgIpc) is 3.04. The number of carbonyl (C=O) groups excluding carboxylic acids is 2. The first-order chi connectivity index (χ1) is 11.0. The minimum Gasteiger partial charge on any atom is -0.462 e. The van der Waals surface area contributed by atoms with Crippen molar-refractivity contribution in [3.8, 4) is 0 Å². The van der Waals surface area contributed by atoms with E-state index in [-0.39, 0.29) is 17.8 Å². The number of rotatable bonds is 4.